The van der Waals surface area contributed by atoms with Crippen LogP contribution in [0.5, 0.6) is 0 Å². The molecule has 0 spiro atoms. The zero-order valence-corrected chi connectivity index (χ0v) is 17.3. The molecule has 4 rings (SSSR count). The Hall–Kier alpha value is -3.02. The second kappa shape index (κ2) is 7.78. The van der Waals surface area contributed by atoms with Gasteiger partial charge in [-0.1, -0.05) is 60.7 Å². The van der Waals surface area contributed by atoms with Crippen molar-refractivity contribution in [2.75, 3.05) is 6.26 Å². The number of rotatable bonds is 4. The molecule has 0 amide bonds. The highest BCUT2D eigenvalue weighted by Crippen LogP contribution is 2.33. The highest BCUT2D eigenvalue weighted by Gasteiger charge is 2.13. The van der Waals surface area contributed by atoms with Gasteiger partial charge < -0.3 is 0 Å². The van der Waals surface area contributed by atoms with Crippen LogP contribution in [0, 0.1) is 0 Å². The van der Waals surface area contributed by atoms with E-state index in [-0.39, 0.29) is 10.3 Å². The van der Waals surface area contributed by atoms with E-state index in [1.54, 1.807) is 24.3 Å². The number of fused-ring (bicyclic) bond motifs is 1. The van der Waals surface area contributed by atoms with Gasteiger partial charge in [0.2, 0.25) is 0 Å². The summed E-state index contributed by atoms with van der Waals surface area (Å²) in [7, 11) is -3.27. The largest absolute Gasteiger partial charge is 0.289 e. The Bertz CT molecular complexity index is 1370. The fourth-order valence-corrected chi connectivity index (χ4v) is 4.91. The van der Waals surface area contributed by atoms with Crippen LogP contribution in [0.15, 0.2) is 88.6 Å². The molecular weight excluding hydrogens is 400 g/mol. The average molecular weight is 419 g/mol. The van der Waals surface area contributed by atoms with Crippen LogP contribution in [-0.4, -0.2) is 14.7 Å². The lowest BCUT2D eigenvalue weighted by atomic mass is 10.1. The van der Waals surface area contributed by atoms with E-state index in [9.17, 15) is 13.2 Å². The van der Waals surface area contributed by atoms with Gasteiger partial charge in [-0.3, -0.25) is 4.79 Å². The predicted molar refractivity (Wildman–Crippen MR) is 122 cm³/mol. The van der Waals surface area contributed by atoms with Crippen LogP contribution >= 0.6 is 11.3 Å². The highest BCUT2D eigenvalue weighted by atomic mass is 32.2. The van der Waals surface area contributed by atoms with E-state index in [2.05, 4.69) is 0 Å². The van der Waals surface area contributed by atoms with Crippen LogP contribution in [-0.2, 0) is 9.84 Å². The van der Waals surface area contributed by atoms with Crippen molar-refractivity contribution in [1.82, 2.24) is 0 Å². The maximum atomic E-state index is 13.2. The molecule has 0 aliphatic heterocycles. The van der Waals surface area contributed by atoms with Gasteiger partial charge in [-0.15, -0.1) is 11.3 Å². The number of sulfone groups is 1. The van der Waals surface area contributed by atoms with Crippen LogP contribution in [0.2, 0.25) is 0 Å². The maximum Gasteiger partial charge on any atom is 0.195 e. The standard InChI is InChI=1S/C24H18O3S2/c1-29(26,27)19-14-12-18(13-15-19)24-21(16-11-17-7-3-2-4-8-17)23(25)20-9-5-6-10-22(20)28-24/h2-16H,1H3. The van der Waals surface area contributed by atoms with Crippen LogP contribution < -0.4 is 5.43 Å². The minimum atomic E-state index is -3.27. The summed E-state index contributed by atoms with van der Waals surface area (Å²) in [5.41, 5.74) is 2.39. The first-order valence-electron chi connectivity index (χ1n) is 9.03. The Kier molecular flexibility index (Phi) is 5.18. The van der Waals surface area contributed by atoms with Gasteiger partial charge in [0.05, 0.1) is 4.90 Å². The second-order valence-corrected chi connectivity index (χ2v) is 9.78. The lowest BCUT2D eigenvalue weighted by molar-refractivity contribution is 0.602. The van der Waals surface area contributed by atoms with Crippen molar-refractivity contribution in [3.63, 3.8) is 0 Å². The van der Waals surface area contributed by atoms with Gasteiger partial charge in [0, 0.05) is 26.8 Å². The Morgan fingerprint density at radius 3 is 2.14 bits per heavy atom. The quantitative estimate of drug-likeness (QED) is 0.440. The van der Waals surface area contributed by atoms with E-state index in [0.717, 1.165) is 20.7 Å². The Morgan fingerprint density at radius 1 is 0.793 bits per heavy atom. The summed E-state index contributed by atoms with van der Waals surface area (Å²) in [5.74, 6) is 0. The molecule has 0 atom stereocenters. The van der Waals surface area contributed by atoms with Crippen LogP contribution in [0.4, 0.5) is 0 Å². The molecule has 0 aliphatic rings. The topological polar surface area (TPSA) is 51.2 Å². The first-order valence-corrected chi connectivity index (χ1v) is 11.7. The summed E-state index contributed by atoms with van der Waals surface area (Å²) >= 11 is 1.53. The van der Waals surface area contributed by atoms with Crippen molar-refractivity contribution in [2.24, 2.45) is 0 Å². The Balaban J connectivity index is 1.92. The van der Waals surface area contributed by atoms with Crippen molar-refractivity contribution in [3.05, 3.63) is 100 Å². The van der Waals surface area contributed by atoms with Gasteiger partial charge in [-0.2, -0.15) is 0 Å². The van der Waals surface area contributed by atoms with E-state index in [4.69, 9.17) is 0 Å². The molecule has 0 saturated heterocycles. The molecule has 0 radical (unpaired) electrons. The lowest BCUT2D eigenvalue weighted by Crippen LogP contribution is -2.06. The third-order valence-electron chi connectivity index (χ3n) is 4.62. The van der Waals surface area contributed by atoms with Crippen molar-refractivity contribution < 1.29 is 8.42 Å². The second-order valence-electron chi connectivity index (χ2n) is 6.71. The number of hydrogen-bond acceptors (Lipinski definition) is 4. The number of hydrogen-bond donors (Lipinski definition) is 0. The minimum absolute atomic E-state index is 0.0336. The summed E-state index contributed by atoms with van der Waals surface area (Å²) in [6.07, 6.45) is 4.96. The van der Waals surface area contributed by atoms with Crippen molar-refractivity contribution in [3.8, 4) is 10.4 Å². The summed E-state index contributed by atoms with van der Waals surface area (Å²) < 4.78 is 24.5. The van der Waals surface area contributed by atoms with E-state index in [1.165, 1.54) is 17.6 Å². The third kappa shape index (κ3) is 4.06. The summed E-state index contributed by atoms with van der Waals surface area (Å²) in [6, 6.07) is 24.0. The van der Waals surface area contributed by atoms with Crippen LogP contribution in [0.25, 0.3) is 32.7 Å². The van der Waals surface area contributed by atoms with Crippen LogP contribution in [0.1, 0.15) is 11.1 Å². The van der Waals surface area contributed by atoms with Crippen molar-refractivity contribution >= 4 is 43.4 Å². The summed E-state index contributed by atoms with van der Waals surface area (Å²) in [5, 5.41) is 0.682. The molecule has 0 bridgehead atoms. The van der Waals surface area contributed by atoms with Gasteiger partial charge in [0.1, 0.15) is 0 Å². The van der Waals surface area contributed by atoms with Crippen LogP contribution in [0.3, 0.4) is 0 Å². The average Bonchev–Trinajstić information content (AvgIpc) is 2.73. The zero-order valence-electron chi connectivity index (χ0n) is 15.7. The molecular formula is C24H18O3S2. The molecule has 0 fully saturated rings. The van der Waals surface area contributed by atoms with Gasteiger partial charge >= 0.3 is 0 Å². The molecule has 1 aromatic heterocycles. The summed E-state index contributed by atoms with van der Waals surface area (Å²) in [6.45, 7) is 0. The lowest BCUT2D eigenvalue weighted by Gasteiger charge is -2.09. The Morgan fingerprint density at radius 2 is 1.45 bits per heavy atom. The number of benzene rings is 3. The fraction of sp³-hybridized carbons (Fsp3) is 0.0417. The first kappa shape index (κ1) is 19.3. The van der Waals surface area contributed by atoms with Crippen molar-refractivity contribution in [1.29, 1.82) is 0 Å². The minimum Gasteiger partial charge on any atom is -0.289 e. The van der Waals surface area contributed by atoms with Gasteiger partial charge in [0.15, 0.2) is 15.3 Å². The van der Waals surface area contributed by atoms with Gasteiger partial charge in [0.25, 0.3) is 0 Å². The van der Waals surface area contributed by atoms with E-state index in [1.807, 2.05) is 66.7 Å². The molecule has 4 aromatic rings. The molecule has 0 aliphatic carbocycles. The zero-order chi connectivity index (χ0) is 20.4. The fourth-order valence-electron chi connectivity index (χ4n) is 3.12. The molecule has 5 heteroatoms. The van der Waals surface area contributed by atoms with Gasteiger partial charge in [-0.05, 0) is 41.5 Å². The predicted octanol–water partition coefficient (Wildman–Crippen LogP) is 5.50. The molecule has 3 aromatic carbocycles. The monoisotopic (exact) mass is 418 g/mol. The van der Waals surface area contributed by atoms with Crippen molar-refractivity contribution in [2.45, 2.75) is 4.90 Å². The molecule has 3 nitrogen and oxygen atoms in total. The SMILES string of the molecule is CS(=O)(=O)c1ccc(-c2sc3ccccc3c(=O)c2C=Cc2ccccc2)cc1. The van der Waals surface area contributed by atoms with E-state index in [0.29, 0.717) is 10.9 Å². The highest BCUT2D eigenvalue weighted by molar-refractivity contribution is 7.90. The molecule has 29 heavy (non-hydrogen) atoms. The van der Waals surface area contributed by atoms with Gasteiger partial charge in [-0.25, -0.2) is 8.42 Å². The molecule has 0 N–H and O–H groups in total. The molecule has 1 heterocycles. The third-order valence-corrected chi connectivity index (χ3v) is 6.98. The first-order chi connectivity index (χ1) is 13.9. The van der Waals surface area contributed by atoms with E-state index >= 15 is 0 Å². The summed E-state index contributed by atoms with van der Waals surface area (Å²) in [4.78, 5) is 14.3. The maximum absolute atomic E-state index is 13.2. The normalized spacial score (nSPS) is 11.9. The van der Waals surface area contributed by atoms with E-state index < -0.39 is 9.84 Å². The molecule has 0 unspecified atom stereocenters. The molecule has 0 saturated carbocycles. The Labute approximate surface area is 173 Å². The molecule has 144 valence electrons. The smallest absolute Gasteiger partial charge is 0.195 e.